The summed E-state index contributed by atoms with van der Waals surface area (Å²) in [5, 5.41) is 12.2. The maximum atomic E-state index is 13.2. The van der Waals surface area contributed by atoms with Gasteiger partial charge in [0.1, 0.15) is 5.60 Å². The molecule has 1 N–H and O–H groups in total. The molecule has 8 rings (SSSR count). The molecule has 9 nitrogen and oxygen atoms in total. The minimum atomic E-state index is -1.15. The molecule has 2 aromatic rings. The van der Waals surface area contributed by atoms with Crippen LogP contribution in [0.15, 0.2) is 60.7 Å². The number of fused-ring (bicyclic) bond motifs is 2. The number of nitrogens with zero attached hydrogens (tertiary/aromatic N) is 1. The van der Waals surface area contributed by atoms with E-state index >= 15 is 0 Å². The molecule has 0 aromatic heterocycles. The third-order valence-corrected chi connectivity index (χ3v) is 11.8. The Morgan fingerprint density at radius 3 is 2.20 bits per heavy atom. The minimum Gasteiger partial charge on any atom is -0.435 e. The van der Waals surface area contributed by atoms with Crippen molar-refractivity contribution in [2.45, 2.75) is 102 Å². The fourth-order valence-corrected chi connectivity index (χ4v) is 9.13. The van der Waals surface area contributed by atoms with Crippen LogP contribution in [0.3, 0.4) is 0 Å². The molecule has 46 heavy (non-hydrogen) atoms. The number of benzene rings is 2. The molecule has 9 heteroatoms. The highest BCUT2D eigenvalue weighted by Gasteiger charge is 2.69. The predicted octanol–water partition coefficient (Wildman–Crippen LogP) is 5.69. The molecule has 0 radical (unpaired) electrons. The van der Waals surface area contributed by atoms with Gasteiger partial charge < -0.3 is 24.2 Å². The third kappa shape index (κ3) is 5.38. The first-order valence-electron chi connectivity index (χ1n) is 17.1. The smallest absolute Gasteiger partial charge is 0.308 e. The Hall–Kier alpha value is -2.82. The second-order valence-corrected chi connectivity index (χ2v) is 14.4. The predicted molar refractivity (Wildman–Crippen MR) is 167 cm³/mol. The lowest BCUT2D eigenvalue weighted by Crippen LogP contribution is -2.70. The molecule has 2 aromatic carbocycles. The summed E-state index contributed by atoms with van der Waals surface area (Å²) in [4.78, 5) is 40.2. The first kappa shape index (κ1) is 31.8. The summed E-state index contributed by atoms with van der Waals surface area (Å²) in [6, 6.07) is 19.5. The maximum absolute atomic E-state index is 13.2. The molecule has 0 unspecified atom stereocenters. The average molecular weight is 634 g/mol. The first-order chi connectivity index (χ1) is 22.1. The van der Waals surface area contributed by atoms with Crippen LogP contribution in [0.4, 0.5) is 0 Å². The Kier molecular flexibility index (Phi) is 8.51. The number of amides is 1. The Morgan fingerprint density at radius 1 is 0.891 bits per heavy atom. The van der Waals surface area contributed by atoms with Gasteiger partial charge in [-0.25, -0.2) is 9.78 Å². The largest absolute Gasteiger partial charge is 0.435 e. The van der Waals surface area contributed by atoms with Crippen molar-refractivity contribution in [3.05, 3.63) is 71.8 Å². The molecule has 1 spiro atoms. The van der Waals surface area contributed by atoms with E-state index in [-0.39, 0.29) is 42.4 Å². The topological polar surface area (TPSA) is 104 Å². The van der Waals surface area contributed by atoms with Crippen molar-refractivity contribution in [3.63, 3.8) is 0 Å². The molecule has 6 fully saturated rings. The number of hydrogen-bond donors (Lipinski definition) is 1. The zero-order valence-corrected chi connectivity index (χ0v) is 27.1. The van der Waals surface area contributed by atoms with Crippen LogP contribution in [-0.2, 0) is 39.2 Å². The van der Waals surface area contributed by atoms with Crippen LogP contribution in [0.2, 0.25) is 0 Å². The molecule has 5 heterocycles. The van der Waals surface area contributed by atoms with Gasteiger partial charge in [-0.3, -0.25) is 9.59 Å². The van der Waals surface area contributed by atoms with E-state index in [1.165, 1.54) is 0 Å². The Balaban J connectivity index is 0.955. The number of aliphatic hydroxyl groups is 1. The average Bonchev–Trinajstić information content (AvgIpc) is 3.32. The van der Waals surface area contributed by atoms with Crippen molar-refractivity contribution in [2.75, 3.05) is 13.1 Å². The van der Waals surface area contributed by atoms with Gasteiger partial charge >= 0.3 is 5.97 Å². The molecular weight excluding hydrogens is 586 g/mol. The quantitative estimate of drug-likeness (QED) is 0.306. The number of hydrogen-bond acceptors (Lipinski definition) is 8. The zero-order valence-electron chi connectivity index (χ0n) is 27.1. The summed E-state index contributed by atoms with van der Waals surface area (Å²) < 4.78 is 18.6. The highest BCUT2D eigenvalue weighted by atomic mass is 17.3. The SMILES string of the molecule is C[C@H]1[C@H](OC(=O)CCC(=O)N2CCC(C(O)(c3ccccc3)c3ccccc3)CC2)O[C@@H]2O[C@@]3(C)CC[C@H]4[C@H](C)CC[C@H]1[C@@]24OO3. The standard InChI is InChI=1S/C37H47NO8/c1-24-14-15-30-25(2)33(43-34-37(30)29(24)18-21-35(3,44-34)45-46-37)42-32(40)17-16-31(39)38-22-19-28(20-23-38)36(41,26-10-6-4-7-11-26)27-12-8-5-9-13-27/h4-13,24-25,28-30,33-34,41H,14-23H2,1-3H3/t24-,25-,29+,30-,33-,34-,35-,37-/m1/s1. The number of carbonyl (C=O) groups excluding carboxylic acids is 2. The van der Waals surface area contributed by atoms with Crippen LogP contribution in [0.25, 0.3) is 0 Å². The highest BCUT2D eigenvalue weighted by Crippen LogP contribution is 2.60. The summed E-state index contributed by atoms with van der Waals surface area (Å²) in [5.41, 5.74) is -0.159. The fraction of sp³-hybridized carbons (Fsp3) is 0.622. The van der Waals surface area contributed by atoms with E-state index in [1.807, 2.05) is 74.5 Å². The Morgan fingerprint density at radius 2 is 1.54 bits per heavy atom. The van der Waals surface area contributed by atoms with E-state index in [9.17, 15) is 14.7 Å². The molecular formula is C37H47NO8. The normalized spacial score (nSPS) is 36.0. The molecule has 248 valence electrons. The van der Waals surface area contributed by atoms with Gasteiger partial charge in [0, 0.05) is 37.8 Å². The van der Waals surface area contributed by atoms with Gasteiger partial charge in [-0.15, -0.1) is 0 Å². The Labute approximate surface area is 271 Å². The maximum Gasteiger partial charge on any atom is 0.308 e. The number of esters is 1. The van der Waals surface area contributed by atoms with Crippen molar-refractivity contribution >= 4 is 11.9 Å². The second kappa shape index (κ2) is 12.3. The zero-order chi connectivity index (χ0) is 32.1. The molecule has 1 amide bonds. The van der Waals surface area contributed by atoms with Crippen LogP contribution >= 0.6 is 0 Å². The molecule has 1 aliphatic carbocycles. The number of rotatable bonds is 7. The van der Waals surface area contributed by atoms with E-state index < -0.39 is 35.5 Å². The summed E-state index contributed by atoms with van der Waals surface area (Å²) in [6.07, 6.45) is 3.49. The van der Waals surface area contributed by atoms with Gasteiger partial charge in [-0.1, -0.05) is 74.5 Å². The lowest BCUT2D eigenvalue weighted by atomic mass is 9.58. The van der Waals surface area contributed by atoms with Crippen LogP contribution in [0.1, 0.15) is 83.3 Å². The molecule has 6 aliphatic rings. The van der Waals surface area contributed by atoms with Crippen molar-refractivity contribution in [1.29, 1.82) is 0 Å². The highest BCUT2D eigenvalue weighted by molar-refractivity contribution is 5.81. The van der Waals surface area contributed by atoms with Gasteiger partial charge in [0.2, 0.25) is 18.0 Å². The first-order valence-corrected chi connectivity index (χ1v) is 17.1. The van der Waals surface area contributed by atoms with Crippen LogP contribution < -0.4 is 0 Å². The van der Waals surface area contributed by atoms with Crippen LogP contribution in [0.5, 0.6) is 0 Å². The Bertz CT molecular complexity index is 1360. The van der Waals surface area contributed by atoms with Gasteiger partial charge in [0.25, 0.3) is 0 Å². The van der Waals surface area contributed by atoms with Gasteiger partial charge in [-0.2, -0.15) is 0 Å². The summed E-state index contributed by atoms with van der Waals surface area (Å²) in [5.74, 6) is -0.873. The van der Waals surface area contributed by atoms with E-state index in [0.717, 1.165) is 30.4 Å². The number of carbonyl (C=O) groups is 2. The lowest BCUT2D eigenvalue weighted by molar-refractivity contribution is -0.576. The lowest BCUT2D eigenvalue weighted by Gasteiger charge is -2.59. The molecule has 1 saturated carbocycles. The molecule has 5 saturated heterocycles. The van der Waals surface area contributed by atoms with Crippen molar-refractivity contribution in [3.8, 4) is 0 Å². The summed E-state index contributed by atoms with van der Waals surface area (Å²) in [7, 11) is 0. The number of likely N-dealkylation sites (tertiary alicyclic amines) is 1. The van der Waals surface area contributed by atoms with Gasteiger partial charge in [0.15, 0.2) is 11.9 Å². The fourth-order valence-electron chi connectivity index (χ4n) is 9.13. The van der Waals surface area contributed by atoms with Crippen molar-refractivity contribution in [1.82, 2.24) is 4.90 Å². The number of ether oxygens (including phenoxy) is 3. The monoisotopic (exact) mass is 633 g/mol. The third-order valence-electron chi connectivity index (χ3n) is 11.8. The van der Waals surface area contributed by atoms with Crippen LogP contribution in [-0.4, -0.2) is 58.9 Å². The van der Waals surface area contributed by atoms with Crippen LogP contribution in [0, 0.1) is 29.6 Å². The van der Waals surface area contributed by atoms with Crippen molar-refractivity contribution in [2.24, 2.45) is 29.6 Å². The number of piperidine rings is 1. The minimum absolute atomic E-state index is 0.0262. The van der Waals surface area contributed by atoms with Crippen molar-refractivity contribution < 1.29 is 38.7 Å². The molecule has 5 aliphatic heterocycles. The van der Waals surface area contributed by atoms with E-state index in [0.29, 0.717) is 38.3 Å². The van der Waals surface area contributed by atoms with E-state index in [2.05, 4.69) is 6.92 Å². The second-order valence-electron chi connectivity index (χ2n) is 14.4. The van der Waals surface area contributed by atoms with Gasteiger partial charge in [-0.05, 0) is 67.9 Å². The summed E-state index contributed by atoms with van der Waals surface area (Å²) >= 11 is 0. The summed E-state index contributed by atoms with van der Waals surface area (Å²) in [6.45, 7) is 7.22. The molecule has 2 bridgehead atoms. The van der Waals surface area contributed by atoms with E-state index in [4.69, 9.17) is 24.0 Å². The molecule has 8 atom stereocenters. The van der Waals surface area contributed by atoms with Gasteiger partial charge in [0.05, 0.1) is 6.42 Å². The van der Waals surface area contributed by atoms with E-state index in [1.54, 1.807) is 4.90 Å².